The van der Waals surface area contributed by atoms with Crippen LogP contribution in [0.2, 0.25) is 0 Å². The van der Waals surface area contributed by atoms with E-state index in [2.05, 4.69) is 10.6 Å². The molecule has 0 aromatic heterocycles. The van der Waals surface area contributed by atoms with Gasteiger partial charge in [-0.1, -0.05) is 6.07 Å². The molecule has 0 aliphatic heterocycles. The van der Waals surface area contributed by atoms with Crippen molar-refractivity contribution in [1.29, 1.82) is 0 Å². The highest BCUT2D eigenvalue weighted by atomic mass is 16.5. The first-order valence-corrected chi connectivity index (χ1v) is 7.85. The van der Waals surface area contributed by atoms with Gasteiger partial charge in [0, 0.05) is 18.2 Å². The van der Waals surface area contributed by atoms with E-state index in [9.17, 15) is 9.59 Å². The van der Waals surface area contributed by atoms with E-state index >= 15 is 0 Å². The maximum Gasteiger partial charge on any atom is 0.251 e. The monoisotopic (exact) mass is 342 g/mol. The van der Waals surface area contributed by atoms with Crippen LogP contribution in [0.25, 0.3) is 0 Å². The number of ether oxygens (including phenoxy) is 2. The predicted molar refractivity (Wildman–Crippen MR) is 96.2 cm³/mol. The molecule has 0 aliphatic carbocycles. The van der Waals surface area contributed by atoms with Crippen molar-refractivity contribution < 1.29 is 19.1 Å². The van der Waals surface area contributed by atoms with Gasteiger partial charge in [-0.15, -0.1) is 0 Å². The summed E-state index contributed by atoms with van der Waals surface area (Å²) in [6, 6.07) is 12.0. The minimum atomic E-state index is -0.206. The van der Waals surface area contributed by atoms with Gasteiger partial charge < -0.3 is 20.1 Å². The lowest BCUT2D eigenvalue weighted by molar-refractivity contribution is -0.114. The van der Waals surface area contributed by atoms with Gasteiger partial charge in [0.05, 0.1) is 20.3 Å². The molecule has 0 saturated carbocycles. The molecule has 0 aliphatic rings. The molecule has 2 aromatic carbocycles. The molecular formula is C19H22N2O4. The third kappa shape index (κ3) is 4.73. The van der Waals surface area contributed by atoms with Crippen LogP contribution in [-0.2, 0) is 4.79 Å². The van der Waals surface area contributed by atoms with Crippen LogP contribution < -0.4 is 20.1 Å². The number of rotatable bonds is 6. The minimum absolute atomic E-state index is 0.153. The number of carbonyl (C=O) groups is 2. The van der Waals surface area contributed by atoms with Gasteiger partial charge >= 0.3 is 0 Å². The summed E-state index contributed by atoms with van der Waals surface area (Å²) in [5, 5.41) is 5.60. The molecule has 1 atom stereocenters. The van der Waals surface area contributed by atoms with Gasteiger partial charge in [-0.25, -0.2) is 0 Å². The second kappa shape index (κ2) is 8.19. The quantitative estimate of drug-likeness (QED) is 0.845. The Balaban J connectivity index is 2.08. The number of anilines is 1. The van der Waals surface area contributed by atoms with Crippen LogP contribution in [0.15, 0.2) is 42.5 Å². The number of benzene rings is 2. The zero-order valence-electron chi connectivity index (χ0n) is 14.8. The summed E-state index contributed by atoms with van der Waals surface area (Å²) in [5.41, 5.74) is 2.07. The number of hydrogen-bond donors (Lipinski definition) is 2. The predicted octanol–water partition coefficient (Wildman–Crippen LogP) is 3.15. The average molecular weight is 342 g/mol. The Kier molecular flexibility index (Phi) is 6.00. The van der Waals surface area contributed by atoms with Crippen LogP contribution in [0.3, 0.4) is 0 Å². The zero-order valence-corrected chi connectivity index (χ0v) is 14.8. The van der Waals surface area contributed by atoms with Crippen LogP contribution in [0.5, 0.6) is 11.5 Å². The Bertz CT molecular complexity index is 757. The molecule has 0 bridgehead atoms. The molecule has 6 nitrogen and oxygen atoms in total. The van der Waals surface area contributed by atoms with Crippen molar-refractivity contribution >= 4 is 17.5 Å². The molecule has 132 valence electrons. The van der Waals surface area contributed by atoms with Crippen molar-refractivity contribution in [3.8, 4) is 11.5 Å². The van der Waals surface area contributed by atoms with E-state index in [0.717, 1.165) is 5.56 Å². The number of amides is 2. The van der Waals surface area contributed by atoms with Gasteiger partial charge in [-0.05, 0) is 48.9 Å². The molecule has 0 radical (unpaired) electrons. The molecule has 2 N–H and O–H groups in total. The minimum Gasteiger partial charge on any atom is -0.493 e. The maximum atomic E-state index is 12.4. The number of hydrogen-bond acceptors (Lipinski definition) is 4. The zero-order chi connectivity index (χ0) is 18.4. The van der Waals surface area contributed by atoms with E-state index in [0.29, 0.717) is 22.7 Å². The first-order valence-electron chi connectivity index (χ1n) is 7.85. The first-order chi connectivity index (χ1) is 11.9. The van der Waals surface area contributed by atoms with Gasteiger partial charge in [-0.2, -0.15) is 0 Å². The Labute approximate surface area is 147 Å². The highest BCUT2D eigenvalue weighted by Gasteiger charge is 2.14. The molecular weight excluding hydrogens is 320 g/mol. The lowest BCUT2D eigenvalue weighted by Gasteiger charge is -2.16. The topological polar surface area (TPSA) is 76.7 Å². The van der Waals surface area contributed by atoms with Gasteiger partial charge in [0.2, 0.25) is 5.91 Å². The smallest absolute Gasteiger partial charge is 0.251 e. The summed E-state index contributed by atoms with van der Waals surface area (Å²) in [7, 11) is 3.15. The lowest BCUT2D eigenvalue weighted by atomic mass is 10.1. The Morgan fingerprint density at radius 1 is 0.960 bits per heavy atom. The van der Waals surface area contributed by atoms with E-state index in [1.54, 1.807) is 44.6 Å². The van der Waals surface area contributed by atoms with Crippen molar-refractivity contribution in [3.63, 3.8) is 0 Å². The molecule has 25 heavy (non-hydrogen) atoms. The Morgan fingerprint density at radius 2 is 1.60 bits per heavy atom. The van der Waals surface area contributed by atoms with Crippen molar-refractivity contribution in [2.45, 2.75) is 19.9 Å². The highest BCUT2D eigenvalue weighted by molar-refractivity contribution is 5.95. The summed E-state index contributed by atoms with van der Waals surface area (Å²) < 4.78 is 10.5. The Morgan fingerprint density at radius 3 is 2.16 bits per heavy atom. The largest absolute Gasteiger partial charge is 0.493 e. The van der Waals surface area contributed by atoms with Crippen LogP contribution in [0.1, 0.15) is 35.8 Å². The highest BCUT2D eigenvalue weighted by Crippen LogP contribution is 2.30. The fourth-order valence-corrected chi connectivity index (χ4v) is 2.39. The van der Waals surface area contributed by atoms with Crippen molar-refractivity contribution in [1.82, 2.24) is 5.32 Å². The second-order valence-corrected chi connectivity index (χ2v) is 5.57. The van der Waals surface area contributed by atoms with Crippen LogP contribution >= 0.6 is 0 Å². The number of nitrogens with one attached hydrogen (secondary N) is 2. The molecule has 6 heteroatoms. The van der Waals surface area contributed by atoms with E-state index in [4.69, 9.17) is 9.47 Å². The molecule has 2 rings (SSSR count). The lowest BCUT2D eigenvalue weighted by Crippen LogP contribution is -2.26. The second-order valence-electron chi connectivity index (χ2n) is 5.57. The summed E-state index contributed by atoms with van der Waals surface area (Å²) in [4.78, 5) is 23.4. The molecule has 2 amide bonds. The molecule has 0 fully saturated rings. The van der Waals surface area contributed by atoms with E-state index in [1.807, 2.05) is 19.1 Å². The standard InChI is InChI=1S/C19H22N2O4/c1-12(15-7-10-17(24-3)18(11-15)25-4)20-19(23)14-5-8-16(9-6-14)21-13(2)22/h5-12H,1-4H3,(H,20,23)(H,21,22). The molecule has 0 heterocycles. The van der Waals surface area contributed by atoms with E-state index in [1.165, 1.54) is 6.92 Å². The van der Waals surface area contributed by atoms with Gasteiger partial charge in [0.15, 0.2) is 11.5 Å². The SMILES string of the molecule is COc1ccc(C(C)NC(=O)c2ccc(NC(C)=O)cc2)cc1OC. The van der Waals surface area contributed by atoms with Crippen LogP contribution in [-0.4, -0.2) is 26.0 Å². The Hall–Kier alpha value is -3.02. The summed E-state index contributed by atoms with van der Waals surface area (Å²) >= 11 is 0. The molecule has 0 spiro atoms. The molecule has 1 unspecified atom stereocenters. The third-order valence-corrected chi connectivity index (χ3v) is 3.72. The first kappa shape index (κ1) is 18.3. The van der Waals surface area contributed by atoms with Gasteiger partial charge in [-0.3, -0.25) is 9.59 Å². The molecule has 2 aromatic rings. The average Bonchev–Trinajstić information content (AvgIpc) is 2.61. The summed E-state index contributed by atoms with van der Waals surface area (Å²) in [6.45, 7) is 3.33. The van der Waals surface area contributed by atoms with Gasteiger partial charge in [0.25, 0.3) is 5.91 Å². The third-order valence-electron chi connectivity index (χ3n) is 3.72. The van der Waals surface area contributed by atoms with Gasteiger partial charge in [0.1, 0.15) is 0 Å². The van der Waals surface area contributed by atoms with Crippen LogP contribution in [0.4, 0.5) is 5.69 Å². The summed E-state index contributed by atoms with van der Waals surface area (Å²) in [6.07, 6.45) is 0. The van der Waals surface area contributed by atoms with Crippen molar-refractivity contribution in [2.75, 3.05) is 19.5 Å². The fraction of sp³-hybridized carbons (Fsp3) is 0.263. The summed E-state index contributed by atoms with van der Waals surface area (Å²) in [5.74, 6) is 0.898. The normalized spacial score (nSPS) is 11.4. The fourth-order valence-electron chi connectivity index (χ4n) is 2.39. The van der Waals surface area contributed by atoms with E-state index < -0.39 is 0 Å². The van der Waals surface area contributed by atoms with Crippen molar-refractivity contribution in [2.24, 2.45) is 0 Å². The number of methoxy groups -OCH3 is 2. The van der Waals surface area contributed by atoms with E-state index in [-0.39, 0.29) is 17.9 Å². The maximum absolute atomic E-state index is 12.4. The van der Waals surface area contributed by atoms with Crippen LogP contribution in [0, 0.1) is 0 Å². The molecule has 0 saturated heterocycles. The number of carbonyl (C=O) groups excluding carboxylic acids is 2. The van der Waals surface area contributed by atoms with Crippen molar-refractivity contribution in [3.05, 3.63) is 53.6 Å².